The maximum atomic E-state index is 12.7. The van der Waals surface area contributed by atoms with Gasteiger partial charge < -0.3 is 0 Å². The average molecular weight is 452 g/mol. The first-order chi connectivity index (χ1) is 11.6. The third kappa shape index (κ3) is 4.03. The lowest BCUT2D eigenvalue weighted by Gasteiger charge is -2.06. The lowest BCUT2D eigenvalue weighted by Crippen LogP contribution is -3.85. The molecule has 0 aliphatic heterocycles. The van der Waals surface area contributed by atoms with Crippen LogP contribution in [-0.2, 0) is 12.6 Å². The minimum atomic E-state index is -3.80. The van der Waals surface area contributed by atoms with Crippen LogP contribution in [-0.4, -0.2) is 8.42 Å². The summed E-state index contributed by atoms with van der Waals surface area (Å²) in [5, 5.41) is 0. The van der Waals surface area contributed by atoms with Gasteiger partial charge in [-0.25, -0.2) is 0 Å². The molecule has 0 aliphatic carbocycles. The molecule has 3 aromatic carbocycles. The van der Waals surface area contributed by atoms with E-state index in [2.05, 4.69) is 0 Å². The largest absolute Gasteiger partial charge is 0.336 e. The number of hydrogen-bond donors (Lipinski definition) is 0. The molecule has 3 aromatic rings. The normalized spacial score (nSPS) is 11.6. The molecule has 24 heavy (non-hydrogen) atoms. The summed E-state index contributed by atoms with van der Waals surface area (Å²) < 4.78 is 33.1. The van der Waals surface area contributed by atoms with Gasteiger partial charge >= 0.3 is 30.4 Å². The van der Waals surface area contributed by atoms with Crippen LogP contribution in [0.5, 0.6) is 0 Å². The molecule has 0 saturated heterocycles. The van der Waals surface area contributed by atoms with Crippen LogP contribution in [0.3, 0.4) is 0 Å². The second-order valence-corrected chi connectivity index (χ2v) is 11.7. The molecule has 0 bridgehead atoms. The molecule has 0 atom stereocenters. The Labute approximate surface area is 150 Å². The predicted octanol–water partition coefficient (Wildman–Crippen LogP) is 0.980. The Morgan fingerprint density at radius 1 is 0.708 bits per heavy atom. The second-order valence-electron chi connectivity index (χ2n) is 5.17. The molecule has 0 heterocycles. The van der Waals surface area contributed by atoms with E-state index in [0.29, 0.717) is 0 Å². The summed E-state index contributed by atoms with van der Waals surface area (Å²) in [4.78, 5) is 0.197. The Balaban J connectivity index is 1.99. The summed E-state index contributed by atoms with van der Waals surface area (Å²) in [5.41, 5.74) is 1.01. The van der Waals surface area contributed by atoms with E-state index in [0.717, 1.165) is 12.7 Å². The zero-order valence-corrected chi connectivity index (χ0v) is 16.1. The number of rotatable bonds is 5. The van der Waals surface area contributed by atoms with E-state index in [-0.39, 0.29) is 4.90 Å². The van der Waals surface area contributed by atoms with Crippen molar-refractivity contribution in [1.29, 1.82) is 0 Å². The Morgan fingerprint density at radius 3 is 1.62 bits per heavy atom. The summed E-state index contributed by atoms with van der Waals surface area (Å²) in [6.07, 6.45) is 0. The highest BCUT2D eigenvalue weighted by molar-refractivity contribution is 7.86. The first-order valence-corrected chi connectivity index (χ1v) is 11.8. The molecule has 0 fully saturated rings. The lowest BCUT2D eigenvalue weighted by molar-refractivity contribution is -1.03. The maximum Gasteiger partial charge on any atom is 0.336 e. The highest BCUT2D eigenvalue weighted by Crippen LogP contribution is 2.10. The number of benzene rings is 3. The Kier molecular flexibility index (Phi) is 5.33. The van der Waals surface area contributed by atoms with E-state index in [1.807, 2.05) is 67.6 Å². The molecule has 3 rings (SSSR count). The van der Waals surface area contributed by atoms with Gasteiger partial charge in [0.2, 0.25) is 0 Å². The molecule has 123 valence electrons. The third-order valence-electron chi connectivity index (χ3n) is 3.32. The molecular weight excluding hydrogens is 435 g/mol. The fourth-order valence-electron chi connectivity index (χ4n) is 2.08. The van der Waals surface area contributed by atoms with Crippen LogP contribution in [0.25, 0.3) is 0 Å². The van der Waals surface area contributed by atoms with Crippen LogP contribution in [0.2, 0.25) is 0 Å². The topological polar surface area (TPSA) is 43.4 Å². The van der Waals surface area contributed by atoms with E-state index < -0.39 is 30.4 Å². The Hall–Kier alpha value is -1.70. The van der Waals surface area contributed by atoms with Gasteiger partial charge in [-0.15, -0.1) is 0 Å². The summed E-state index contributed by atoms with van der Waals surface area (Å²) in [7, 11) is -3.80. The van der Waals surface area contributed by atoms with Gasteiger partial charge in [0.05, 0.1) is 4.90 Å². The summed E-state index contributed by atoms with van der Waals surface area (Å²) in [5.74, 6) is 0. The van der Waals surface area contributed by atoms with Crippen LogP contribution >= 0.6 is 0 Å². The van der Waals surface area contributed by atoms with Crippen molar-refractivity contribution >= 4 is 10.1 Å². The minimum absolute atomic E-state index is 0.197. The average Bonchev–Trinajstić information content (AvgIpc) is 2.62. The van der Waals surface area contributed by atoms with Crippen LogP contribution in [0, 0.1) is 14.1 Å². The molecule has 0 spiro atoms. The molecule has 0 saturated carbocycles. The van der Waals surface area contributed by atoms with E-state index in [1.165, 1.54) is 0 Å². The third-order valence-corrected chi connectivity index (χ3v) is 10.7. The minimum Gasteiger partial charge on any atom is -0.190 e. The van der Waals surface area contributed by atoms with Gasteiger partial charge in [0.25, 0.3) is 0 Å². The van der Waals surface area contributed by atoms with Gasteiger partial charge in [-0.05, 0) is 45.8 Å². The van der Waals surface area contributed by atoms with Gasteiger partial charge in [-0.1, -0.05) is 54.1 Å². The van der Waals surface area contributed by atoms with Crippen molar-refractivity contribution in [3.63, 3.8) is 0 Å². The smallest absolute Gasteiger partial charge is 0.190 e. The predicted molar refractivity (Wildman–Crippen MR) is 89.7 cm³/mol. The van der Waals surface area contributed by atoms with Crippen LogP contribution in [0.15, 0.2) is 89.8 Å². The van der Waals surface area contributed by atoms with Crippen molar-refractivity contribution in [1.82, 2.24) is 0 Å². The fraction of sp³-hybridized carbons (Fsp3) is 0.0526. The molecule has 0 aliphatic rings. The maximum absolute atomic E-state index is 12.7. The molecule has 5 heteroatoms. The molecule has 3 nitrogen and oxygen atoms in total. The highest BCUT2D eigenvalue weighted by atomic mass is 127. The number of aryl methyl sites for hydroxylation is 1. The zero-order chi connectivity index (χ0) is 17.0. The summed E-state index contributed by atoms with van der Waals surface area (Å²) in [6, 6.07) is 25.9. The van der Waals surface area contributed by atoms with Crippen molar-refractivity contribution in [3.8, 4) is 0 Å². The van der Waals surface area contributed by atoms with Crippen molar-refractivity contribution in [3.05, 3.63) is 97.6 Å². The number of hydrogen-bond acceptors (Lipinski definition) is 3. The van der Waals surface area contributed by atoms with Crippen molar-refractivity contribution < 1.29 is 31.2 Å². The van der Waals surface area contributed by atoms with E-state index in [4.69, 9.17) is 2.51 Å². The molecule has 1 radical (unpaired) electrons. The Morgan fingerprint density at radius 2 is 1.17 bits per heavy atom. The molecule has 0 amide bonds. The first-order valence-electron chi connectivity index (χ1n) is 7.38. The van der Waals surface area contributed by atoms with Gasteiger partial charge in [0, 0.05) is 0 Å². The quantitative estimate of drug-likeness (QED) is 0.543. The van der Waals surface area contributed by atoms with Gasteiger partial charge in [0.1, 0.15) is 0 Å². The van der Waals surface area contributed by atoms with Crippen LogP contribution in [0.4, 0.5) is 0 Å². The summed E-state index contributed by atoms with van der Waals surface area (Å²) in [6.45, 7) is 1.92. The van der Waals surface area contributed by atoms with E-state index in [9.17, 15) is 8.42 Å². The second kappa shape index (κ2) is 7.46. The van der Waals surface area contributed by atoms with Crippen LogP contribution in [0.1, 0.15) is 5.56 Å². The fourth-order valence-corrected chi connectivity index (χ4v) is 9.08. The SMILES string of the molecule is Cc1ccc(S(=O)(=O)O[I+](c2ccccc2)c2ccccc2)cc1. The van der Waals surface area contributed by atoms with E-state index in [1.54, 1.807) is 24.3 Å². The van der Waals surface area contributed by atoms with E-state index >= 15 is 0 Å². The summed E-state index contributed by atoms with van der Waals surface area (Å²) >= 11 is -2.56. The molecular formula is C19H17IO3S+. The van der Waals surface area contributed by atoms with Crippen molar-refractivity contribution in [2.24, 2.45) is 0 Å². The van der Waals surface area contributed by atoms with Crippen LogP contribution < -0.4 is 20.2 Å². The molecule has 0 N–H and O–H groups in total. The lowest BCUT2D eigenvalue weighted by atomic mass is 10.2. The first kappa shape index (κ1) is 17.1. The van der Waals surface area contributed by atoms with Gasteiger partial charge in [-0.3, -0.25) is 0 Å². The number of halogens is 1. The molecule has 0 unspecified atom stereocenters. The highest BCUT2D eigenvalue weighted by Gasteiger charge is 2.37. The zero-order valence-electron chi connectivity index (χ0n) is 13.1. The van der Waals surface area contributed by atoms with Gasteiger partial charge in [-0.2, -0.15) is 8.42 Å². The standard InChI is InChI=1S/C19H17IO3S/c1-16-12-14-19(15-13-16)24(21,22)23-20(17-8-4-2-5-9-17)18-10-6-3-7-11-18/h2-15H,1H3/q+1. The van der Waals surface area contributed by atoms with Crippen molar-refractivity contribution in [2.45, 2.75) is 11.8 Å². The van der Waals surface area contributed by atoms with Crippen molar-refractivity contribution in [2.75, 3.05) is 0 Å². The molecule has 0 aromatic heterocycles. The Bertz CT molecular complexity index is 853. The monoisotopic (exact) mass is 452 g/mol. The van der Waals surface area contributed by atoms with Gasteiger partial charge in [0.15, 0.2) is 7.14 Å².